The maximum absolute atomic E-state index is 10.6. The van der Waals surface area contributed by atoms with Gasteiger partial charge in [0.1, 0.15) is 6.10 Å². The number of ether oxygens (including phenoxy) is 3. The zero-order valence-corrected chi connectivity index (χ0v) is 53.6. The van der Waals surface area contributed by atoms with Gasteiger partial charge in [0.25, 0.3) is 0 Å². The highest BCUT2D eigenvalue weighted by atomic mass is 16.6. The van der Waals surface area contributed by atoms with Gasteiger partial charge in [-0.25, -0.2) is 0 Å². The lowest BCUT2D eigenvalue weighted by Gasteiger charge is -2.29. The fourth-order valence-corrected chi connectivity index (χ4v) is 9.88. The average Bonchev–Trinajstić information content (AvgIpc) is 4.30. The van der Waals surface area contributed by atoms with E-state index in [-0.39, 0.29) is 7.43 Å². The third kappa shape index (κ3) is 73.5. The topological polar surface area (TPSA) is 253 Å². The smallest absolute Gasteiger partial charge is 0.104 e. The first-order valence-electron chi connectivity index (χ1n) is 34.4. The van der Waals surface area contributed by atoms with Gasteiger partial charge in [0.15, 0.2) is 0 Å². The van der Waals surface area contributed by atoms with Gasteiger partial charge >= 0.3 is 0 Å². The molecule has 1 aliphatic heterocycles. The lowest BCUT2D eigenvalue weighted by atomic mass is 10.0. The molecule has 0 amide bonds. The van der Waals surface area contributed by atoms with E-state index in [1.54, 1.807) is 0 Å². The molecule has 1 rings (SSSR count). The van der Waals surface area contributed by atoms with Crippen molar-refractivity contribution in [2.24, 2.45) is 34.4 Å². The lowest BCUT2D eigenvalue weighted by molar-refractivity contribution is 0.0145. The average molecular weight is 1160 g/mol. The molecule has 0 aromatic carbocycles. The van der Waals surface area contributed by atoms with Crippen molar-refractivity contribution in [3.05, 3.63) is 0 Å². The van der Waals surface area contributed by atoms with E-state index >= 15 is 0 Å². The Labute approximate surface area is 504 Å². The maximum Gasteiger partial charge on any atom is 0.104 e. The highest BCUT2D eigenvalue weighted by molar-refractivity contribution is 4.70. The molecule has 0 radical (unpaired) electrons. The van der Waals surface area contributed by atoms with Gasteiger partial charge in [-0.3, -0.25) is 4.90 Å². The molecule has 1 aliphatic rings. The SMILES string of the molecule is C.CCCCCCCCCCCCCCCCOCC(O)CN(CCN)CCN(CCCCCN)CCNCCN.CCCCCCCCCCCCCCCCOCC1CO1.NCCCCCN(CCNCCN)CCNCCN. The van der Waals surface area contributed by atoms with Crippen molar-refractivity contribution in [3.63, 3.8) is 0 Å². The van der Waals surface area contributed by atoms with Crippen molar-refractivity contribution >= 4 is 0 Å². The number of aliphatic hydroxyl groups is 1. The van der Waals surface area contributed by atoms with Crippen molar-refractivity contribution in [2.75, 3.05) is 170 Å². The van der Waals surface area contributed by atoms with Gasteiger partial charge in [-0.05, 0) is 64.7 Å². The fraction of sp³-hybridized carbons (Fsp3) is 1.00. The molecular formula is C65H148N12O4. The fourth-order valence-electron chi connectivity index (χ4n) is 9.88. The first-order chi connectivity index (χ1) is 39.4. The molecule has 0 saturated carbocycles. The summed E-state index contributed by atoms with van der Waals surface area (Å²) in [5.41, 5.74) is 33.6. The summed E-state index contributed by atoms with van der Waals surface area (Å²) in [6, 6.07) is 0. The summed E-state index contributed by atoms with van der Waals surface area (Å²) in [5.74, 6) is 0. The van der Waals surface area contributed by atoms with Crippen molar-refractivity contribution < 1.29 is 19.3 Å². The van der Waals surface area contributed by atoms with Crippen molar-refractivity contribution in [3.8, 4) is 0 Å². The van der Waals surface area contributed by atoms with Gasteiger partial charge in [0.05, 0.1) is 25.9 Å². The third-order valence-electron chi connectivity index (χ3n) is 15.1. The van der Waals surface area contributed by atoms with Crippen LogP contribution >= 0.6 is 0 Å². The monoisotopic (exact) mass is 1160 g/mol. The molecule has 0 bridgehead atoms. The minimum Gasteiger partial charge on any atom is -0.389 e. The van der Waals surface area contributed by atoms with E-state index in [2.05, 4.69) is 44.5 Å². The summed E-state index contributed by atoms with van der Waals surface area (Å²) in [4.78, 5) is 7.27. The van der Waals surface area contributed by atoms with Gasteiger partial charge in [-0.2, -0.15) is 0 Å². The predicted molar refractivity (Wildman–Crippen MR) is 355 cm³/mol. The molecule has 0 aromatic rings. The second-order valence-corrected chi connectivity index (χ2v) is 23.0. The van der Waals surface area contributed by atoms with E-state index < -0.39 is 6.10 Å². The molecule has 0 aromatic heterocycles. The standard InChI is InChI=1S/C32H72N6O2.C19H38O2.C13H34N6.CH4/c1-2-3-4-5-6-7-8-9-10-11-12-13-14-18-29-40-31-32(39)30-38(25-21-35)28-27-37(24-17-15-16-19-33)26-23-36-22-20-34;1-2-3-4-5-6-7-8-9-10-11-12-13-14-15-16-20-17-19-18-21-19;14-4-2-1-3-11-19(12-9-17-7-5-15)13-10-18-8-6-16;/h32,36,39H,2-31,33-35H2,1H3;19H,2-18H2,1H3;17-18H,1-16H2;1H4. The van der Waals surface area contributed by atoms with Crippen LogP contribution in [0, 0.1) is 0 Å². The van der Waals surface area contributed by atoms with Gasteiger partial charge in [0, 0.05) is 124 Å². The summed E-state index contributed by atoms with van der Waals surface area (Å²) in [6.07, 6.45) is 45.8. The Morgan fingerprint density at radius 2 is 0.716 bits per heavy atom. The van der Waals surface area contributed by atoms with E-state index in [1.807, 2.05) is 0 Å². The number of unbranched alkanes of at least 4 members (excludes halogenated alkanes) is 30. The Morgan fingerprint density at radius 3 is 1.06 bits per heavy atom. The molecule has 1 fully saturated rings. The van der Waals surface area contributed by atoms with Crippen LogP contribution in [0.4, 0.5) is 0 Å². The summed E-state index contributed by atoms with van der Waals surface area (Å²) in [6.45, 7) is 26.9. The maximum atomic E-state index is 10.6. The number of epoxide rings is 1. The summed E-state index contributed by atoms with van der Waals surface area (Å²) in [5, 5.41) is 20.7. The summed E-state index contributed by atoms with van der Waals surface area (Å²) < 4.78 is 16.5. The van der Waals surface area contributed by atoms with E-state index in [4.69, 9.17) is 48.6 Å². The molecule has 0 aliphatic carbocycles. The van der Waals surface area contributed by atoms with Gasteiger partial charge in [-0.15, -0.1) is 0 Å². The quantitative estimate of drug-likeness (QED) is 0.0201. The van der Waals surface area contributed by atoms with E-state index in [9.17, 15) is 5.11 Å². The zero-order chi connectivity index (χ0) is 58.6. The normalized spacial score (nSPS) is 13.4. The second kappa shape index (κ2) is 75.5. The molecule has 2 atom stereocenters. The number of nitrogens with two attached hydrogens (primary N) is 6. The minimum absolute atomic E-state index is 0. The first kappa shape index (κ1) is 84.6. The zero-order valence-electron chi connectivity index (χ0n) is 53.6. The molecule has 81 heavy (non-hydrogen) atoms. The summed E-state index contributed by atoms with van der Waals surface area (Å²) >= 11 is 0. The largest absolute Gasteiger partial charge is 0.389 e. The number of nitrogens with zero attached hydrogens (tertiary/aromatic N) is 3. The molecular weight excluding hydrogens is 1010 g/mol. The Kier molecular flexibility index (Phi) is 78.8. The van der Waals surface area contributed by atoms with Crippen molar-refractivity contribution in [2.45, 2.75) is 252 Å². The Balaban J connectivity index is -0.00000124. The number of rotatable bonds is 66. The number of nitrogens with one attached hydrogen (secondary N) is 3. The molecule has 1 saturated heterocycles. The molecule has 0 spiro atoms. The van der Waals surface area contributed by atoms with Crippen molar-refractivity contribution in [1.29, 1.82) is 0 Å². The van der Waals surface area contributed by atoms with E-state index in [0.717, 1.165) is 150 Å². The number of aliphatic hydroxyl groups excluding tert-OH is 1. The number of hydrogen-bond acceptors (Lipinski definition) is 16. The molecule has 492 valence electrons. The van der Waals surface area contributed by atoms with Crippen LogP contribution in [-0.4, -0.2) is 202 Å². The van der Waals surface area contributed by atoms with Crippen LogP contribution < -0.4 is 50.4 Å². The van der Waals surface area contributed by atoms with Crippen LogP contribution in [0.25, 0.3) is 0 Å². The Bertz CT molecular complexity index is 1050. The van der Waals surface area contributed by atoms with Crippen LogP contribution in [0.3, 0.4) is 0 Å². The highest BCUT2D eigenvalue weighted by Crippen LogP contribution is 2.15. The van der Waals surface area contributed by atoms with Crippen LogP contribution in [0.2, 0.25) is 0 Å². The Hall–Kier alpha value is -0.640. The van der Waals surface area contributed by atoms with Crippen LogP contribution in [0.1, 0.15) is 240 Å². The second-order valence-electron chi connectivity index (χ2n) is 23.0. The van der Waals surface area contributed by atoms with Gasteiger partial charge < -0.3 is 79.5 Å². The molecule has 16 N–H and O–H groups in total. The Morgan fingerprint density at radius 1 is 0.383 bits per heavy atom. The van der Waals surface area contributed by atoms with E-state index in [0.29, 0.717) is 45.4 Å². The molecule has 16 heteroatoms. The predicted octanol–water partition coefficient (Wildman–Crippen LogP) is 9.12. The molecule has 16 nitrogen and oxygen atoms in total. The van der Waals surface area contributed by atoms with Crippen molar-refractivity contribution in [1.82, 2.24) is 30.7 Å². The summed E-state index contributed by atoms with van der Waals surface area (Å²) in [7, 11) is 0. The third-order valence-corrected chi connectivity index (χ3v) is 15.1. The first-order valence-corrected chi connectivity index (χ1v) is 34.4. The van der Waals surface area contributed by atoms with Gasteiger partial charge in [0.2, 0.25) is 0 Å². The minimum atomic E-state index is -0.470. The van der Waals surface area contributed by atoms with Gasteiger partial charge in [-0.1, -0.05) is 201 Å². The van der Waals surface area contributed by atoms with E-state index in [1.165, 1.54) is 199 Å². The van der Waals surface area contributed by atoms with Crippen LogP contribution in [0.5, 0.6) is 0 Å². The van der Waals surface area contributed by atoms with Crippen LogP contribution in [0.15, 0.2) is 0 Å². The molecule has 1 heterocycles. The van der Waals surface area contributed by atoms with Crippen LogP contribution in [-0.2, 0) is 14.2 Å². The number of hydrogen-bond donors (Lipinski definition) is 10. The molecule has 2 unspecified atom stereocenters. The highest BCUT2D eigenvalue weighted by Gasteiger charge is 2.22. The lowest BCUT2D eigenvalue weighted by Crippen LogP contribution is -2.44.